The standard InChI is InChI=1S/C32H31Cl2F2N3O8S/c1-37-25-8-7-21(11-20(25)13-30(37)40)48(43,44)39-10-2-3-26(39)31(41)46-28(14-22-23(33)15-38(42)16-24(22)34)19-6-9-27(47-32(35)36)29(12-19)45-17-18-4-5-18/h6-9,11-12,15-16,18,26,28,32H,2-5,10,13-14,17H2,1H3. The van der Waals surface area contributed by atoms with Crippen LogP contribution in [0.2, 0.25) is 10.0 Å². The minimum absolute atomic E-state index is 0.00721. The van der Waals surface area contributed by atoms with Gasteiger partial charge in [-0.05, 0) is 73.1 Å². The predicted molar refractivity (Wildman–Crippen MR) is 170 cm³/mol. The van der Waals surface area contributed by atoms with Crippen molar-refractivity contribution in [2.24, 2.45) is 5.92 Å². The number of esters is 1. The number of sulfonamides is 1. The molecule has 0 spiro atoms. The summed E-state index contributed by atoms with van der Waals surface area (Å²) in [6, 6.07) is 7.34. The number of pyridine rings is 1. The number of rotatable bonds is 12. The van der Waals surface area contributed by atoms with Crippen LogP contribution in [0, 0.1) is 11.1 Å². The number of ether oxygens (including phenoxy) is 3. The second-order valence-electron chi connectivity index (χ2n) is 12.0. The second kappa shape index (κ2) is 13.7. The molecule has 1 saturated heterocycles. The maximum atomic E-state index is 13.9. The van der Waals surface area contributed by atoms with E-state index in [-0.39, 0.29) is 76.2 Å². The Morgan fingerprint density at radius 1 is 1.08 bits per heavy atom. The van der Waals surface area contributed by atoms with Crippen LogP contribution in [-0.4, -0.2) is 57.5 Å². The van der Waals surface area contributed by atoms with Crippen LogP contribution in [0.15, 0.2) is 53.7 Å². The molecule has 0 radical (unpaired) electrons. The fourth-order valence-electron chi connectivity index (χ4n) is 5.89. The van der Waals surface area contributed by atoms with Gasteiger partial charge in [-0.1, -0.05) is 29.3 Å². The molecule has 2 fully saturated rings. The average molecular weight is 727 g/mol. The average Bonchev–Trinajstić information content (AvgIpc) is 3.63. The third kappa shape index (κ3) is 7.16. The van der Waals surface area contributed by atoms with E-state index in [1.54, 1.807) is 13.1 Å². The van der Waals surface area contributed by atoms with E-state index in [0.29, 0.717) is 28.0 Å². The number of aromatic nitrogens is 1. The van der Waals surface area contributed by atoms with Crippen molar-refractivity contribution >= 4 is 50.8 Å². The van der Waals surface area contributed by atoms with Crippen LogP contribution in [0.4, 0.5) is 14.5 Å². The normalized spacial score (nSPS) is 18.7. The Kier molecular flexibility index (Phi) is 9.71. The van der Waals surface area contributed by atoms with Crippen molar-refractivity contribution in [1.82, 2.24) is 4.31 Å². The molecule has 3 heterocycles. The molecular weight excluding hydrogens is 695 g/mol. The van der Waals surface area contributed by atoms with Crippen molar-refractivity contribution in [3.8, 4) is 11.5 Å². The van der Waals surface area contributed by atoms with Gasteiger partial charge in [0.15, 0.2) is 23.9 Å². The molecule has 3 aromatic rings. The minimum atomic E-state index is -4.19. The molecule has 1 aromatic heterocycles. The molecule has 0 bridgehead atoms. The van der Waals surface area contributed by atoms with Crippen LogP contribution in [0.3, 0.4) is 0 Å². The maximum Gasteiger partial charge on any atom is 0.387 e. The molecule has 1 aliphatic carbocycles. The first-order chi connectivity index (χ1) is 22.8. The lowest BCUT2D eigenvalue weighted by atomic mass is 10.0. The van der Waals surface area contributed by atoms with Gasteiger partial charge in [0.05, 0.1) is 17.9 Å². The molecule has 2 aliphatic heterocycles. The van der Waals surface area contributed by atoms with E-state index in [1.165, 1.54) is 35.2 Å². The number of likely N-dealkylation sites (N-methyl/N-ethyl adjacent to an activating group) is 1. The lowest BCUT2D eigenvalue weighted by Crippen LogP contribution is -2.41. The Morgan fingerprint density at radius 2 is 1.81 bits per heavy atom. The van der Waals surface area contributed by atoms with E-state index in [9.17, 15) is 32.0 Å². The first kappa shape index (κ1) is 34.2. The van der Waals surface area contributed by atoms with Crippen molar-refractivity contribution in [2.45, 2.75) is 62.2 Å². The van der Waals surface area contributed by atoms with Crippen molar-refractivity contribution in [2.75, 3.05) is 25.1 Å². The number of alkyl halides is 2. The summed E-state index contributed by atoms with van der Waals surface area (Å²) in [6.07, 6.45) is 3.36. The number of carbonyl (C=O) groups is 2. The summed E-state index contributed by atoms with van der Waals surface area (Å²) in [5, 5.41) is 11.9. The number of benzene rings is 2. The van der Waals surface area contributed by atoms with Crippen LogP contribution in [-0.2, 0) is 37.2 Å². The van der Waals surface area contributed by atoms with Crippen LogP contribution < -0.4 is 19.1 Å². The van der Waals surface area contributed by atoms with Crippen molar-refractivity contribution in [3.63, 3.8) is 0 Å². The van der Waals surface area contributed by atoms with E-state index in [2.05, 4.69) is 4.74 Å². The number of amides is 1. The van der Waals surface area contributed by atoms with Crippen LogP contribution >= 0.6 is 23.2 Å². The fraction of sp³-hybridized carbons (Fsp3) is 0.406. The lowest BCUT2D eigenvalue weighted by molar-refractivity contribution is -0.605. The monoisotopic (exact) mass is 725 g/mol. The van der Waals surface area contributed by atoms with Gasteiger partial charge in [-0.2, -0.15) is 17.8 Å². The lowest BCUT2D eigenvalue weighted by Gasteiger charge is -2.26. The number of halogens is 4. The Morgan fingerprint density at radius 3 is 2.50 bits per heavy atom. The number of hydrogen-bond donors (Lipinski definition) is 0. The molecule has 2 aromatic carbocycles. The van der Waals surface area contributed by atoms with E-state index in [4.69, 9.17) is 32.7 Å². The van der Waals surface area contributed by atoms with Gasteiger partial charge in [-0.15, -0.1) is 0 Å². The molecule has 2 atom stereocenters. The van der Waals surface area contributed by atoms with Gasteiger partial charge in [-0.3, -0.25) is 9.59 Å². The minimum Gasteiger partial charge on any atom is -0.619 e. The van der Waals surface area contributed by atoms with Gasteiger partial charge in [-0.25, -0.2) is 8.42 Å². The molecule has 1 saturated carbocycles. The molecule has 1 amide bonds. The zero-order valence-corrected chi connectivity index (χ0v) is 27.9. The SMILES string of the molecule is CN1C(=O)Cc2cc(S(=O)(=O)N3CCCC3C(=O)OC(Cc3c(Cl)c[n+]([O-])cc3Cl)c3ccc(OC(F)F)c(OCC4CC4)c3)ccc21. The zero-order valence-electron chi connectivity index (χ0n) is 25.6. The van der Waals surface area contributed by atoms with Gasteiger partial charge < -0.3 is 24.3 Å². The van der Waals surface area contributed by atoms with Gasteiger partial charge in [0.1, 0.15) is 22.2 Å². The molecule has 256 valence electrons. The number of anilines is 1. The Balaban J connectivity index is 1.31. The van der Waals surface area contributed by atoms with Crippen molar-refractivity contribution < 1.29 is 45.7 Å². The van der Waals surface area contributed by atoms with Gasteiger partial charge in [0, 0.05) is 31.3 Å². The summed E-state index contributed by atoms with van der Waals surface area (Å²) < 4.78 is 72.1. The van der Waals surface area contributed by atoms with Gasteiger partial charge in [0.25, 0.3) is 0 Å². The highest BCUT2D eigenvalue weighted by Gasteiger charge is 2.42. The largest absolute Gasteiger partial charge is 0.619 e. The number of hydrogen-bond acceptors (Lipinski definition) is 8. The topological polar surface area (TPSA) is 129 Å². The summed E-state index contributed by atoms with van der Waals surface area (Å²) in [5.74, 6) is -0.934. The highest BCUT2D eigenvalue weighted by atomic mass is 35.5. The van der Waals surface area contributed by atoms with Crippen LogP contribution in [0.1, 0.15) is 48.5 Å². The van der Waals surface area contributed by atoms with E-state index >= 15 is 0 Å². The quantitative estimate of drug-likeness (QED) is 0.141. The van der Waals surface area contributed by atoms with Gasteiger partial charge in [0.2, 0.25) is 15.9 Å². The van der Waals surface area contributed by atoms with Crippen LogP contribution in [0.25, 0.3) is 0 Å². The third-order valence-corrected chi connectivity index (χ3v) is 11.2. The van der Waals surface area contributed by atoms with E-state index in [1.807, 2.05) is 0 Å². The van der Waals surface area contributed by atoms with Crippen molar-refractivity contribution in [3.05, 3.63) is 80.7 Å². The van der Waals surface area contributed by atoms with Crippen molar-refractivity contribution in [1.29, 1.82) is 0 Å². The molecule has 48 heavy (non-hydrogen) atoms. The summed E-state index contributed by atoms with van der Waals surface area (Å²) in [5.41, 5.74) is 1.76. The highest BCUT2D eigenvalue weighted by molar-refractivity contribution is 7.89. The molecule has 11 nitrogen and oxygen atoms in total. The summed E-state index contributed by atoms with van der Waals surface area (Å²) in [4.78, 5) is 27.5. The number of carbonyl (C=O) groups excluding carboxylic acids is 2. The zero-order chi connectivity index (χ0) is 34.3. The smallest absolute Gasteiger partial charge is 0.387 e. The number of nitrogens with zero attached hydrogens (tertiary/aromatic N) is 3. The van der Waals surface area contributed by atoms with E-state index < -0.39 is 34.7 Å². The maximum absolute atomic E-state index is 13.9. The number of fused-ring (bicyclic) bond motifs is 1. The predicted octanol–water partition coefficient (Wildman–Crippen LogP) is 5.22. The molecular formula is C32H31Cl2F2N3O8S. The Hall–Kier alpha value is -3.72. The fourth-order valence-corrected chi connectivity index (χ4v) is 8.18. The molecule has 0 N–H and O–H groups in total. The highest BCUT2D eigenvalue weighted by Crippen LogP contribution is 2.39. The first-order valence-corrected chi connectivity index (χ1v) is 17.4. The van der Waals surface area contributed by atoms with Gasteiger partial charge >= 0.3 is 12.6 Å². The molecule has 6 rings (SSSR count). The first-order valence-electron chi connectivity index (χ1n) is 15.2. The van der Waals surface area contributed by atoms with E-state index in [0.717, 1.165) is 29.5 Å². The third-order valence-electron chi connectivity index (χ3n) is 8.64. The molecule has 2 unspecified atom stereocenters. The molecule has 3 aliphatic rings. The second-order valence-corrected chi connectivity index (χ2v) is 14.7. The summed E-state index contributed by atoms with van der Waals surface area (Å²) >= 11 is 12.7. The Labute approximate surface area is 285 Å². The Bertz CT molecular complexity index is 1840. The summed E-state index contributed by atoms with van der Waals surface area (Å²) in [7, 11) is -2.57. The van der Waals surface area contributed by atoms with Crippen LogP contribution in [0.5, 0.6) is 11.5 Å². The summed E-state index contributed by atoms with van der Waals surface area (Å²) in [6.45, 7) is -2.78. The molecule has 16 heteroatoms.